The van der Waals surface area contributed by atoms with Crippen LogP contribution in [0.3, 0.4) is 0 Å². The van der Waals surface area contributed by atoms with Crippen molar-refractivity contribution in [3.8, 4) is 11.5 Å². The lowest BCUT2D eigenvalue weighted by Crippen LogP contribution is -2.60. The standard InChI is InChI=1S/C22H25N3O4/c1-12-19(13(2)29-23-12)22(26)25-10-16(15-3-4-17-18(9-15)28-11-27-17)21-20(25)14-5-7-24(21)8-6-14/h3-4,9,14,16,20-21H,5-8,10-11H2,1-2H3/t16-,20+,21+/m0/s1. The zero-order chi connectivity index (χ0) is 19.7. The molecule has 0 N–H and O–H groups in total. The topological polar surface area (TPSA) is 68.0 Å². The van der Waals surface area contributed by atoms with Crippen LogP contribution in [0.25, 0.3) is 0 Å². The third-order valence-electron chi connectivity index (χ3n) is 7.33. The van der Waals surface area contributed by atoms with Crippen LogP contribution in [0.1, 0.15) is 46.1 Å². The van der Waals surface area contributed by atoms with Gasteiger partial charge in [-0.25, -0.2) is 0 Å². The minimum atomic E-state index is 0.0632. The van der Waals surface area contributed by atoms with Crippen molar-refractivity contribution >= 4 is 5.91 Å². The molecule has 29 heavy (non-hydrogen) atoms. The molecule has 2 aromatic rings. The normalized spacial score (nSPS) is 31.9. The first-order valence-corrected chi connectivity index (χ1v) is 10.5. The van der Waals surface area contributed by atoms with Gasteiger partial charge in [-0.15, -0.1) is 0 Å². The number of piperidine rings is 3. The van der Waals surface area contributed by atoms with Crippen molar-refractivity contribution < 1.29 is 18.8 Å². The second-order valence-corrected chi connectivity index (χ2v) is 8.73. The van der Waals surface area contributed by atoms with Crippen molar-refractivity contribution in [3.63, 3.8) is 0 Å². The van der Waals surface area contributed by atoms with E-state index in [1.807, 2.05) is 19.9 Å². The summed E-state index contributed by atoms with van der Waals surface area (Å²) in [4.78, 5) is 18.3. The maximum atomic E-state index is 13.6. The van der Waals surface area contributed by atoms with Gasteiger partial charge in [0.2, 0.25) is 6.79 Å². The summed E-state index contributed by atoms with van der Waals surface area (Å²) in [6.07, 6.45) is 2.33. The minimum Gasteiger partial charge on any atom is -0.454 e. The summed E-state index contributed by atoms with van der Waals surface area (Å²) in [6, 6.07) is 6.85. The molecule has 152 valence electrons. The highest BCUT2D eigenvalue weighted by Gasteiger charge is 2.55. The Hall–Kier alpha value is -2.54. The van der Waals surface area contributed by atoms with Gasteiger partial charge in [-0.3, -0.25) is 9.69 Å². The molecule has 0 saturated carbocycles. The maximum Gasteiger partial charge on any atom is 0.259 e. The van der Waals surface area contributed by atoms with E-state index in [9.17, 15) is 4.79 Å². The van der Waals surface area contributed by atoms with Gasteiger partial charge in [-0.1, -0.05) is 11.2 Å². The maximum absolute atomic E-state index is 13.6. The number of nitrogens with zero attached hydrogens (tertiary/aromatic N) is 3. The van der Waals surface area contributed by atoms with E-state index in [4.69, 9.17) is 14.0 Å². The third-order valence-corrected chi connectivity index (χ3v) is 7.33. The zero-order valence-electron chi connectivity index (χ0n) is 16.8. The molecule has 7 rings (SSSR count). The van der Waals surface area contributed by atoms with Crippen molar-refractivity contribution in [2.24, 2.45) is 5.92 Å². The predicted octanol–water partition coefficient (Wildman–Crippen LogP) is 2.72. The summed E-state index contributed by atoms with van der Waals surface area (Å²) < 4.78 is 16.4. The monoisotopic (exact) mass is 395 g/mol. The number of amides is 1. The average Bonchev–Trinajstić information content (AvgIpc) is 3.45. The molecule has 6 heterocycles. The van der Waals surface area contributed by atoms with E-state index >= 15 is 0 Å². The lowest BCUT2D eigenvalue weighted by Gasteiger charge is -2.51. The first-order valence-electron chi connectivity index (χ1n) is 10.5. The Morgan fingerprint density at radius 1 is 1.10 bits per heavy atom. The molecule has 5 aliphatic rings. The van der Waals surface area contributed by atoms with Crippen LogP contribution >= 0.6 is 0 Å². The zero-order valence-corrected chi connectivity index (χ0v) is 16.8. The summed E-state index contributed by atoms with van der Waals surface area (Å²) in [7, 11) is 0. The van der Waals surface area contributed by atoms with Crippen LogP contribution in [0.2, 0.25) is 0 Å². The summed E-state index contributed by atoms with van der Waals surface area (Å²) >= 11 is 0. The Kier molecular flexibility index (Phi) is 3.72. The molecule has 7 heteroatoms. The van der Waals surface area contributed by atoms with E-state index in [0.717, 1.165) is 24.6 Å². The molecule has 1 aromatic carbocycles. The first-order chi connectivity index (χ1) is 14.1. The molecule has 1 aromatic heterocycles. The molecule has 2 bridgehead atoms. The molecule has 4 fully saturated rings. The van der Waals surface area contributed by atoms with E-state index in [2.05, 4.69) is 27.1 Å². The molecular formula is C22H25N3O4. The number of aryl methyl sites for hydroxylation is 2. The largest absolute Gasteiger partial charge is 0.454 e. The van der Waals surface area contributed by atoms with Crippen LogP contribution in [0.4, 0.5) is 0 Å². The fourth-order valence-electron chi connectivity index (χ4n) is 6.02. The van der Waals surface area contributed by atoms with Gasteiger partial charge in [0.1, 0.15) is 11.3 Å². The number of aromatic nitrogens is 1. The van der Waals surface area contributed by atoms with E-state index in [0.29, 0.717) is 35.5 Å². The van der Waals surface area contributed by atoms with Crippen molar-refractivity contribution in [3.05, 3.63) is 40.8 Å². The fraction of sp³-hybridized carbons (Fsp3) is 0.545. The van der Waals surface area contributed by atoms with Crippen LogP contribution in [-0.4, -0.2) is 59.4 Å². The SMILES string of the molecule is Cc1noc(C)c1C(=O)N1C[C@@H](c2ccc3c(c2)OCO3)[C@@H]2[C@H]1C1CCN2CC1. The van der Waals surface area contributed by atoms with Crippen molar-refractivity contribution in [2.75, 3.05) is 26.4 Å². The quantitative estimate of drug-likeness (QED) is 0.779. The van der Waals surface area contributed by atoms with Gasteiger partial charge < -0.3 is 18.9 Å². The van der Waals surface area contributed by atoms with Crippen molar-refractivity contribution in [1.29, 1.82) is 0 Å². The van der Waals surface area contributed by atoms with Gasteiger partial charge in [0, 0.05) is 18.5 Å². The molecular weight excluding hydrogens is 370 g/mol. The number of carbonyl (C=O) groups is 1. The lowest BCUT2D eigenvalue weighted by molar-refractivity contribution is -0.00348. The number of hydrogen-bond donors (Lipinski definition) is 0. The second kappa shape index (κ2) is 6.23. The van der Waals surface area contributed by atoms with Gasteiger partial charge in [0.05, 0.1) is 11.7 Å². The lowest BCUT2D eigenvalue weighted by atomic mass is 9.75. The molecule has 5 aliphatic heterocycles. The van der Waals surface area contributed by atoms with Crippen LogP contribution in [0.15, 0.2) is 22.7 Å². The summed E-state index contributed by atoms with van der Waals surface area (Å²) in [5, 5.41) is 4.01. The Morgan fingerprint density at radius 2 is 1.90 bits per heavy atom. The van der Waals surface area contributed by atoms with Gasteiger partial charge in [0.15, 0.2) is 11.5 Å². The van der Waals surface area contributed by atoms with Crippen LogP contribution in [-0.2, 0) is 0 Å². The first kappa shape index (κ1) is 17.3. The van der Waals surface area contributed by atoms with E-state index < -0.39 is 0 Å². The van der Waals surface area contributed by atoms with Crippen molar-refractivity contribution in [2.45, 2.75) is 44.7 Å². The molecule has 0 aliphatic carbocycles. The van der Waals surface area contributed by atoms with Crippen LogP contribution < -0.4 is 9.47 Å². The van der Waals surface area contributed by atoms with Crippen molar-refractivity contribution in [1.82, 2.24) is 15.0 Å². The van der Waals surface area contributed by atoms with Crippen LogP contribution in [0, 0.1) is 19.8 Å². The Balaban J connectivity index is 1.40. The number of fused-ring (bicyclic) bond motifs is 3. The summed E-state index contributed by atoms with van der Waals surface area (Å²) in [5.74, 6) is 3.11. The van der Waals surface area contributed by atoms with Gasteiger partial charge in [0.25, 0.3) is 5.91 Å². The Morgan fingerprint density at radius 3 is 2.66 bits per heavy atom. The summed E-state index contributed by atoms with van der Waals surface area (Å²) in [5.41, 5.74) is 2.54. The van der Waals surface area contributed by atoms with Crippen LogP contribution in [0.5, 0.6) is 11.5 Å². The highest BCUT2D eigenvalue weighted by Crippen LogP contribution is 2.48. The van der Waals surface area contributed by atoms with Gasteiger partial charge >= 0.3 is 0 Å². The number of benzene rings is 1. The van der Waals surface area contributed by atoms with E-state index in [1.54, 1.807) is 0 Å². The van der Waals surface area contributed by atoms with Gasteiger partial charge in [-0.2, -0.15) is 0 Å². The Bertz CT molecular complexity index is 959. The van der Waals surface area contributed by atoms with E-state index in [1.165, 1.54) is 18.4 Å². The highest BCUT2D eigenvalue weighted by molar-refractivity contribution is 5.96. The molecule has 0 spiro atoms. The number of ether oxygens (including phenoxy) is 2. The molecule has 7 nitrogen and oxygen atoms in total. The molecule has 0 radical (unpaired) electrons. The number of rotatable bonds is 2. The number of hydrogen-bond acceptors (Lipinski definition) is 6. The number of likely N-dealkylation sites (tertiary alicyclic amines) is 1. The average molecular weight is 395 g/mol. The number of carbonyl (C=O) groups excluding carboxylic acids is 1. The second-order valence-electron chi connectivity index (χ2n) is 8.73. The molecule has 0 unspecified atom stereocenters. The highest BCUT2D eigenvalue weighted by atomic mass is 16.7. The predicted molar refractivity (Wildman–Crippen MR) is 104 cm³/mol. The van der Waals surface area contributed by atoms with E-state index in [-0.39, 0.29) is 24.7 Å². The van der Waals surface area contributed by atoms with Gasteiger partial charge in [-0.05, 0) is 63.4 Å². The molecule has 3 atom stereocenters. The fourth-order valence-corrected chi connectivity index (χ4v) is 6.02. The summed E-state index contributed by atoms with van der Waals surface area (Å²) in [6.45, 7) is 6.92. The molecule has 1 amide bonds. The molecule has 4 saturated heterocycles. The smallest absolute Gasteiger partial charge is 0.259 e. The third kappa shape index (κ3) is 2.46. The minimum absolute atomic E-state index is 0.0632. The Labute approximate surface area is 169 Å².